The second-order valence-electron chi connectivity index (χ2n) is 7.00. The van der Waals surface area contributed by atoms with E-state index in [0.29, 0.717) is 16.9 Å². The summed E-state index contributed by atoms with van der Waals surface area (Å²) in [6.45, 7) is 1.77. The maximum absolute atomic E-state index is 13.3. The Morgan fingerprint density at radius 2 is 1.55 bits per heavy atom. The summed E-state index contributed by atoms with van der Waals surface area (Å²) in [5.74, 6) is 1.10. The number of aromatic nitrogens is 1. The number of hydrogen-bond donors (Lipinski definition) is 1. The molecule has 31 heavy (non-hydrogen) atoms. The van der Waals surface area contributed by atoms with Crippen molar-refractivity contribution in [2.45, 2.75) is 18.0 Å². The van der Waals surface area contributed by atoms with E-state index in [1.807, 2.05) is 66.7 Å². The molecule has 0 aliphatic carbocycles. The van der Waals surface area contributed by atoms with Crippen LogP contribution in [0.25, 0.3) is 22.8 Å². The lowest BCUT2D eigenvalue weighted by Gasteiger charge is -2.15. The molecule has 158 valence electrons. The van der Waals surface area contributed by atoms with Gasteiger partial charge in [-0.2, -0.15) is 4.98 Å². The van der Waals surface area contributed by atoms with Gasteiger partial charge >= 0.3 is 0 Å². The summed E-state index contributed by atoms with van der Waals surface area (Å²) >= 11 is 0. The molecule has 0 aliphatic heterocycles. The van der Waals surface area contributed by atoms with Gasteiger partial charge in [0.25, 0.3) is 10.0 Å². The van der Waals surface area contributed by atoms with Gasteiger partial charge in [-0.3, -0.25) is 0 Å². The molecule has 0 aliphatic rings. The van der Waals surface area contributed by atoms with Crippen LogP contribution in [0.3, 0.4) is 0 Å². The monoisotopic (exact) mass is 434 g/mol. The first kappa shape index (κ1) is 20.8. The molecule has 3 aromatic carbocycles. The average Bonchev–Trinajstić information content (AvgIpc) is 3.27. The zero-order valence-corrected chi connectivity index (χ0v) is 18.0. The highest BCUT2D eigenvalue weighted by Gasteiger charge is 2.29. The molecule has 4 rings (SSSR count). The van der Waals surface area contributed by atoms with Gasteiger partial charge in [0.05, 0.1) is 7.11 Å². The van der Waals surface area contributed by atoms with Crippen molar-refractivity contribution < 1.29 is 17.6 Å². The lowest BCUT2D eigenvalue weighted by Crippen LogP contribution is -2.27. The average molecular weight is 435 g/mol. The maximum atomic E-state index is 13.3. The smallest absolute Gasteiger partial charge is 0.262 e. The van der Waals surface area contributed by atoms with E-state index in [2.05, 4.69) is 9.71 Å². The van der Waals surface area contributed by atoms with Gasteiger partial charge in [0.1, 0.15) is 5.75 Å². The molecular formula is C24H22N2O4S. The Morgan fingerprint density at radius 3 is 2.19 bits per heavy atom. The Kier molecular flexibility index (Phi) is 5.88. The molecule has 0 fully saturated rings. The molecule has 6 nitrogen and oxygen atoms in total. The van der Waals surface area contributed by atoms with Crippen molar-refractivity contribution in [2.24, 2.45) is 0 Å². The number of sulfonamides is 1. The normalized spacial score (nSPS) is 12.5. The minimum absolute atomic E-state index is 0.146. The van der Waals surface area contributed by atoms with Gasteiger partial charge in [-0.05, 0) is 36.8 Å². The van der Waals surface area contributed by atoms with Gasteiger partial charge in [-0.1, -0.05) is 60.7 Å². The quantitative estimate of drug-likeness (QED) is 0.440. The Labute approximate surface area is 181 Å². The summed E-state index contributed by atoms with van der Waals surface area (Å²) in [6.07, 6.45) is 0. The van der Waals surface area contributed by atoms with Gasteiger partial charge in [0, 0.05) is 17.2 Å². The summed E-state index contributed by atoms with van der Waals surface area (Å²) < 4.78 is 40.6. The Balaban J connectivity index is 1.75. The number of nitrogens with zero attached hydrogens (tertiary/aromatic N) is 1. The van der Waals surface area contributed by atoms with E-state index in [1.165, 1.54) is 0 Å². The summed E-state index contributed by atoms with van der Waals surface area (Å²) in [4.78, 5) is 4.37. The second-order valence-corrected chi connectivity index (χ2v) is 8.63. The summed E-state index contributed by atoms with van der Waals surface area (Å²) in [6, 6.07) is 25.1. The van der Waals surface area contributed by atoms with Crippen molar-refractivity contribution in [3.05, 3.63) is 90.5 Å². The van der Waals surface area contributed by atoms with E-state index in [9.17, 15) is 8.42 Å². The second kappa shape index (κ2) is 8.75. The Bertz CT molecular complexity index is 1270. The van der Waals surface area contributed by atoms with Gasteiger partial charge < -0.3 is 9.15 Å². The van der Waals surface area contributed by atoms with Crippen molar-refractivity contribution in [2.75, 3.05) is 7.11 Å². The van der Waals surface area contributed by atoms with Crippen LogP contribution >= 0.6 is 0 Å². The standard InChI is InChI=1S/C24H22N2O4S/c1-17(20-14-9-15-21(16-20)29-2)26-31(27,28)24-22(18-10-5-3-6-11-18)30-23(25-24)19-12-7-4-8-13-19/h3-17,26H,1-2H3/t17-/m1/s1. The topological polar surface area (TPSA) is 81.4 Å². The molecule has 4 aromatic rings. The predicted octanol–water partition coefficient (Wildman–Crippen LogP) is 5.06. The van der Waals surface area contributed by atoms with E-state index in [4.69, 9.17) is 9.15 Å². The first-order valence-corrected chi connectivity index (χ1v) is 11.2. The van der Waals surface area contributed by atoms with Crippen LogP contribution in [0.2, 0.25) is 0 Å². The number of ether oxygens (including phenoxy) is 1. The number of methoxy groups -OCH3 is 1. The number of nitrogens with one attached hydrogen (secondary N) is 1. The largest absolute Gasteiger partial charge is 0.497 e. The van der Waals surface area contributed by atoms with Crippen LogP contribution in [0.4, 0.5) is 0 Å². The van der Waals surface area contributed by atoms with Gasteiger partial charge in [-0.25, -0.2) is 13.1 Å². The molecule has 1 N–H and O–H groups in total. The zero-order valence-electron chi connectivity index (χ0n) is 17.1. The van der Waals surface area contributed by atoms with E-state index in [1.54, 1.807) is 32.2 Å². The molecule has 1 heterocycles. The van der Waals surface area contributed by atoms with Crippen LogP contribution in [0.1, 0.15) is 18.5 Å². The fourth-order valence-electron chi connectivity index (χ4n) is 3.23. The third-order valence-electron chi connectivity index (χ3n) is 4.83. The van der Waals surface area contributed by atoms with Crippen molar-refractivity contribution in [3.8, 4) is 28.5 Å². The highest BCUT2D eigenvalue weighted by molar-refractivity contribution is 7.89. The van der Waals surface area contributed by atoms with E-state index >= 15 is 0 Å². The first-order valence-electron chi connectivity index (χ1n) is 9.76. The van der Waals surface area contributed by atoms with Gasteiger partial charge in [-0.15, -0.1) is 0 Å². The molecule has 0 amide bonds. The Hall–Kier alpha value is -3.42. The third-order valence-corrected chi connectivity index (χ3v) is 6.28. The molecule has 0 radical (unpaired) electrons. The lowest BCUT2D eigenvalue weighted by atomic mass is 10.1. The summed E-state index contributed by atoms with van der Waals surface area (Å²) in [5.41, 5.74) is 2.10. The van der Waals surface area contributed by atoms with Gasteiger partial charge in [0.15, 0.2) is 5.76 Å². The van der Waals surface area contributed by atoms with Crippen LogP contribution in [0.15, 0.2) is 94.4 Å². The molecule has 1 atom stereocenters. The van der Waals surface area contributed by atoms with Crippen LogP contribution in [0.5, 0.6) is 5.75 Å². The SMILES string of the molecule is COc1cccc([C@@H](C)NS(=O)(=O)c2nc(-c3ccccc3)oc2-c2ccccc2)c1. The van der Waals surface area contributed by atoms with Crippen LogP contribution < -0.4 is 9.46 Å². The van der Waals surface area contributed by atoms with Crippen LogP contribution in [0, 0.1) is 0 Å². The number of rotatable bonds is 7. The van der Waals surface area contributed by atoms with Crippen LogP contribution in [-0.2, 0) is 10.0 Å². The van der Waals surface area contributed by atoms with Crippen molar-refractivity contribution >= 4 is 10.0 Å². The molecule has 7 heteroatoms. The third kappa shape index (κ3) is 4.52. The van der Waals surface area contributed by atoms with E-state index in [-0.39, 0.29) is 16.7 Å². The van der Waals surface area contributed by atoms with Crippen molar-refractivity contribution in [3.63, 3.8) is 0 Å². The number of benzene rings is 3. The van der Waals surface area contributed by atoms with E-state index in [0.717, 1.165) is 5.56 Å². The maximum Gasteiger partial charge on any atom is 0.262 e. The summed E-state index contributed by atoms with van der Waals surface area (Å²) in [7, 11) is -2.42. The van der Waals surface area contributed by atoms with Gasteiger partial charge in [0.2, 0.25) is 10.9 Å². The Morgan fingerprint density at radius 1 is 0.903 bits per heavy atom. The van der Waals surface area contributed by atoms with Crippen molar-refractivity contribution in [1.29, 1.82) is 0 Å². The highest BCUT2D eigenvalue weighted by atomic mass is 32.2. The lowest BCUT2D eigenvalue weighted by molar-refractivity contribution is 0.413. The van der Waals surface area contributed by atoms with Crippen LogP contribution in [-0.4, -0.2) is 20.5 Å². The first-order chi connectivity index (χ1) is 15.0. The molecular weight excluding hydrogens is 412 g/mol. The molecule has 0 bridgehead atoms. The minimum Gasteiger partial charge on any atom is -0.497 e. The zero-order chi connectivity index (χ0) is 21.8. The highest BCUT2D eigenvalue weighted by Crippen LogP contribution is 2.33. The van der Waals surface area contributed by atoms with E-state index < -0.39 is 16.1 Å². The molecule has 1 aromatic heterocycles. The van der Waals surface area contributed by atoms with Crippen molar-refractivity contribution in [1.82, 2.24) is 9.71 Å². The number of oxazole rings is 1. The minimum atomic E-state index is -3.99. The summed E-state index contributed by atoms with van der Waals surface area (Å²) in [5, 5.41) is -0.146. The predicted molar refractivity (Wildman–Crippen MR) is 119 cm³/mol. The molecule has 0 unspecified atom stereocenters. The molecule has 0 spiro atoms. The fraction of sp³-hybridized carbons (Fsp3) is 0.125. The molecule has 0 saturated carbocycles. The fourth-order valence-corrected chi connectivity index (χ4v) is 4.55. The number of hydrogen-bond acceptors (Lipinski definition) is 5. The molecule has 0 saturated heterocycles.